The average molecular weight is 294 g/mol. The lowest BCUT2D eigenvalue weighted by Gasteiger charge is -2.47. The quantitative estimate of drug-likeness (QED) is 0.583. The fourth-order valence-electron chi connectivity index (χ4n) is 2.59. The molecule has 0 aliphatic heterocycles. The lowest BCUT2D eigenvalue weighted by Crippen LogP contribution is -2.54. The highest BCUT2D eigenvalue weighted by atomic mass is 16.6. The normalized spacial score (nSPS) is 16.4. The molecule has 8 heteroatoms. The van der Waals surface area contributed by atoms with Crippen LogP contribution in [0, 0.1) is 10.1 Å². The lowest BCUT2D eigenvalue weighted by molar-refractivity contribution is -0.383. The predicted molar refractivity (Wildman–Crippen MR) is 81.6 cm³/mol. The molecular weight excluding hydrogens is 272 g/mol. The Morgan fingerprint density at radius 3 is 2.38 bits per heavy atom. The summed E-state index contributed by atoms with van der Waals surface area (Å²) in [5.74, 6) is 0.534. The second-order valence-electron chi connectivity index (χ2n) is 5.53. The summed E-state index contributed by atoms with van der Waals surface area (Å²) < 4.78 is 0. The van der Waals surface area contributed by atoms with Gasteiger partial charge in [0, 0.05) is 18.6 Å². The third kappa shape index (κ3) is 3.05. The molecule has 0 bridgehead atoms. The molecule has 0 spiro atoms. The zero-order valence-corrected chi connectivity index (χ0v) is 12.7. The molecule has 1 heterocycles. The third-order valence-electron chi connectivity index (χ3n) is 4.17. The van der Waals surface area contributed by atoms with Gasteiger partial charge < -0.3 is 15.5 Å². The molecule has 2 rings (SSSR count). The molecule has 0 amide bonds. The van der Waals surface area contributed by atoms with E-state index < -0.39 is 4.92 Å². The van der Waals surface area contributed by atoms with E-state index >= 15 is 0 Å². The zero-order valence-electron chi connectivity index (χ0n) is 12.7. The van der Waals surface area contributed by atoms with Crippen LogP contribution in [0.1, 0.15) is 26.2 Å². The number of likely N-dealkylation sites (N-methyl/N-ethyl adjacent to an activating group) is 1. The summed E-state index contributed by atoms with van der Waals surface area (Å²) in [5.41, 5.74) is -0.0236. The smallest absolute Gasteiger partial charge is 0.353 e. The van der Waals surface area contributed by atoms with Crippen LogP contribution >= 0.6 is 0 Å². The number of nitro groups is 1. The van der Waals surface area contributed by atoms with E-state index in [1.54, 1.807) is 0 Å². The van der Waals surface area contributed by atoms with Crippen molar-refractivity contribution in [3.8, 4) is 0 Å². The zero-order chi connectivity index (χ0) is 15.5. The van der Waals surface area contributed by atoms with Gasteiger partial charge in [-0.15, -0.1) is 0 Å². The molecule has 0 saturated heterocycles. The van der Waals surface area contributed by atoms with Crippen molar-refractivity contribution < 1.29 is 4.92 Å². The van der Waals surface area contributed by atoms with Gasteiger partial charge in [-0.1, -0.05) is 0 Å². The molecule has 0 unspecified atom stereocenters. The van der Waals surface area contributed by atoms with Crippen LogP contribution in [0.25, 0.3) is 0 Å². The fraction of sp³-hybridized carbons (Fsp3) is 0.692. The summed E-state index contributed by atoms with van der Waals surface area (Å²) in [6.07, 6.45) is 4.71. The van der Waals surface area contributed by atoms with E-state index in [1.165, 1.54) is 12.7 Å². The average Bonchev–Trinajstić information content (AvgIpc) is 2.37. The molecule has 1 aromatic heterocycles. The minimum atomic E-state index is -0.441. The Morgan fingerprint density at radius 2 is 1.95 bits per heavy atom. The van der Waals surface area contributed by atoms with Gasteiger partial charge >= 0.3 is 5.69 Å². The molecule has 21 heavy (non-hydrogen) atoms. The van der Waals surface area contributed by atoms with Crippen LogP contribution in [0.5, 0.6) is 0 Å². The van der Waals surface area contributed by atoms with Gasteiger partial charge in [0.1, 0.15) is 6.33 Å². The highest BCUT2D eigenvalue weighted by molar-refractivity contribution is 5.69. The third-order valence-corrected chi connectivity index (χ3v) is 4.17. The largest absolute Gasteiger partial charge is 0.364 e. The second-order valence-corrected chi connectivity index (χ2v) is 5.53. The molecule has 0 aromatic carbocycles. The van der Waals surface area contributed by atoms with Crippen molar-refractivity contribution in [2.24, 2.45) is 0 Å². The Kier molecular flexibility index (Phi) is 4.56. The lowest BCUT2D eigenvalue weighted by atomic mass is 9.75. The number of aromatic nitrogens is 2. The van der Waals surface area contributed by atoms with E-state index in [2.05, 4.69) is 25.5 Å². The Morgan fingerprint density at radius 1 is 1.33 bits per heavy atom. The molecule has 2 N–H and O–H groups in total. The predicted octanol–water partition coefficient (Wildman–Crippen LogP) is 1.71. The van der Waals surface area contributed by atoms with Crippen LogP contribution in [0.4, 0.5) is 17.3 Å². The van der Waals surface area contributed by atoms with E-state index in [0.717, 1.165) is 12.8 Å². The van der Waals surface area contributed by atoms with E-state index in [-0.39, 0.29) is 22.9 Å². The van der Waals surface area contributed by atoms with Crippen LogP contribution < -0.4 is 10.6 Å². The van der Waals surface area contributed by atoms with Crippen molar-refractivity contribution in [2.75, 3.05) is 37.8 Å². The molecular formula is C13H22N6O2. The van der Waals surface area contributed by atoms with Crippen LogP contribution in [0.15, 0.2) is 6.33 Å². The first-order valence-corrected chi connectivity index (χ1v) is 7.15. The van der Waals surface area contributed by atoms with Crippen LogP contribution in [-0.4, -0.2) is 52.5 Å². The Bertz CT molecular complexity index is 515. The number of nitrogens with one attached hydrogen (secondary N) is 2. The Hall–Kier alpha value is -1.96. The van der Waals surface area contributed by atoms with Gasteiger partial charge in [-0.05, 0) is 40.3 Å². The van der Waals surface area contributed by atoms with Gasteiger partial charge in [-0.25, -0.2) is 9.97 Å². The van der Waals surface area contributed by atoms with E-state index in [4.69, 9.17) is 0 Å². The SMILES string of the molecule is CCNc1ncnc(NCC2(N(C)C)CCC2)c1[N+](=O)[O-]. The van der Waals surface area contributed by atoms with Gasteiger partial charge in [0.15, 0.2) is 0 Å². The van der Waals surface area contributed by atoms with Crippen molar-refractivity contribution in [3.05, 3.63) is 16.4 Å². The molecule has 1 aliphatic rings. The molecule has 1 aliphatic carbocycles. The highest BCUT2D eigenvalue weighted by Gasteiger charge is 2.39. The summed E-state index contributed by atoms with van der Waals surface area (Å²) in [6.45, 7) is 3.08. The summed E-state index contributed by atoms with van der Waals surface area (Å²) in [7, 11) is 4.08. The standard InChI is InChI=1S/C13H22N6O2/c1-4-14-11-10(19(20)21)12(17-9-16-11)15-8-13(18(2)3)6-5-7-13/h9H,4-8H2,1-3H3,(H2,14,15,16,17). The van der Waals surface area contributed by atoms with Gasteiger partial charge in [0.2, 0.25) is 11.6 Å². The minimum absolute atomic E-state index is 0.0666. The Balaban J connectivity index is 2.19. The maximum Gasteiger partial charge on any atom is 0.353 e. The van der Waals surface area contributed by atoms with E-state index in [1.807, 2.05) is 21.0 Å². The van der Waals surface area contributed by atoms with Crippen molar-refractivity contribution >= 4 is 17.3 Å². The summed E-state index contributed by atoms with van der Waals surface area (Å²) in [4.78, 5) is 21.0. The van der Waals surface area contributed by atoms with Crippen LogP contribution in [0.2, 0.25) is 0 Å². The van der Waals surface area contributed by atoms with Crippen molar-refractivity contribution in [1.29, 1.82) is 0 Å². The monoisotopic (exact) mass is 294 g/mol. The maximum absolute atomic E-state index is 11.3. The van der Waals surface area contributed by atoms with Gasteiger partial charge in [0.25, 0.3) is 0 Å². The molecule has 1 saturated carbocycles. The van der Waals surface area contributed by atoms with Crippen molar-refractivity contribution in [1.82, 2.24) is 14.9 Å². The van der Waals surface area contributed by atoms with Gasteiger partial charge in [0.05, 0.1) is 4.92 Å². The molecule has 1 fully saturated rings. The number of hydrogen-bond donors (Lipinski definition) is 2. The Labute approximate surface area is 124 Å². The summed E-state index contributed by atoms with van der Waals surface area (Å²) in [5, 5.41) is 17.3. The molecule has 116 valence electrons. The molecule has 1 aromatic rings. The number of anilines is 2. The first-order chi connectivity index (χ1) is 10.00. The number of nitrogens with zero attached hydrogens (tertiary/aromatic N) is 4. The summed E-state index contributed by atoms with van der Waals surface area (Å²) >= 11 is 0. The minimum Gasteiger partial charge on any atom is -0.364 e. The van der Waals surface area contributed by atoms with Crippen molar-refractivity contribution in [2.45, 2.75) is 31.7 Å². The topological polar surface area (TPSA) is 96.2 Å². The van der Waals surface area contributed by atoms with Crippen LogP contribution in [0.3, 0.4) is 0 Å². The second kappa shape index (κ2) is 6.21. The van der Waals surface area contributed by atoms with E-state index in [9.17, 15) is 10.1 Å². The van der Waals surface area contributed by atoms with E-state index in [0.29, 0.717) is 13.1 Å². The maximum atomic E-state index is 11.3. The number of hydrogen-bond acceptors (Lipinski definition) is 7. The molecule has 0 atom stereocenters. The molecule has 8 nitrogen and oxygen atoms in total. The van der Waals surface area contributed by atoms with Crippen molar-refractivity contribution in [3.63, 3.8) is 0 Å². The van der Waals surface area contributed by atoms with Gasteiger partial charge in [-0.2, -0.15) is 0 Å². The summed E-state index contributed by atoms with van der Waals surface area (Å²) in [6, 6.07) is 0. The van der Waals surface area contributed by atoms with Gasteiger partial charge in [-0.3, -0.25) is 10.1 Å². The molecule has 0 radical (unpaired) electrons. The first-order valence-electron chi connectivity index (χ1n) is 7.15. The van der Waals surface area contributed by atoms with Crippen LogP contribution in [-0.2, 0) is 0 Å². The highest BCUT2D eigenvalue weighted by Crippen LogP contribution is 2.37. The first kappa shape index (κ1) is 15.4. The number of rotatable bonds is 7. The fourth-order valence-corrected chi connectivity index (χ4v) is 2.59.